The van der Waals surface area contributed by atoms with Gasteiger partial charge in [0, 0.05) is 19.7 Å². The number of halogens is 4. The number of oxime groups is 1. The molecule has 0 unspecified atom stereocenters. The van der Waals surface area contributed by atoms with Crippen molar-refractivity contribution in [2.45, 2.75) is 31.3 Å². The van der Waals surface area contributed by atoms with Gasteiger partial charge in [-0.1, -0.05) is 35.0 Å². The molecule has 10 nitrogen and oxygen atoms in total. The number of benzene rings is 1. The average Bonchev–Trinajstić information content (AvgIpc) is 3.39. The van der Waals surface area contributed by atoms with Crippen LogP contribution in [0.1, 0.15) is 18.9 Å². The quantitative estimate of drug-likeness (QED) is 0.548. The molecule has 0 aliphatic carbocycles. The summed E-state index contributed by atoms with van der Waals surface area (Å²) >= 11 is 5.92. The average molecular weight is 498 g/mol. The first-order valence-electron chi connectivity index (χ1n) is 9.93. The lowest BCUT2D eigenvalue weighted by molar-refractivity contribution is -0.138. The minimum absolute atomic E-state index is 0.0419. The van der Waals surface area contributed by atoms with E-state index in [1.807, 2.05) is 6.07 Å². The van der Waals surface area contributed by atoms with Gasteiger partial charge in [0.25, 0.3) is 5.91 Å². The van der Waals surface area contributed by atoms with E-state index in [4.69, 9.17) is 16.4 Å². The zero-order valence-electron chi connectivity index (χ0n) is 17.9. The van der Waals surface area contributed by atoms with Crippen LogP contribution in [0.15, 0.2) is 47.8 Å². The predicted octanol–water partition coefficient (Wildman–Crippen LogP) is 2.82. The minimum Gasteiger partial charge on any atom is -0.382 e. The van der Waals surface area contributed by atoms with Crippen molar-refractivity contribution in [2.75, 3.05) is 17.1 Å². The molecule has 1 fully saturated rings. The van der Waals surface area contributed by atoms with Gasteiger partial charge in [0.05, 0.1) is 16.3 Å². The number of urea groups is 1. The highest BCUT2D eigenvalue weighted by Gasteiger charge is 2.47. The Morgan fingerprint density at radius 3 is 2.71 bits per heavy atom. The van der Waals surface area contributed by atoms with Crippen molar-refractivity contribution >= 4 is 40.8 Å². The smallest absolute Gasteiger partial charge is 0.382 e. The monoisotopic (exact) mass is 497 g/mol. The topological polar surface area (TPSA) is 111 Å². The molecule has 4 rings (SSSR count). The first-order chi connectivity index (χ1) is 16.0. The molecule has 34 heavy (non-hydrogen) atoms. The summed E-state index contributed by atoms with van der Waals surface area (Å²) in [5.74, 6) is -0.718. The van der Waals surface area contributed by atoms with Gasteiger partial charge in [0.1, 0.15) is 11.4 Å². The van der Waals surface area contributed by atoms with Crippen molar-refractivity contribution in [3.63, 3.8) is 0 Å². The number of amides is 3. The summed E-state index contributed by atoms with van der Waals surface area (Å²) in [5.41, 5.74) is 4.34. The number of nitrogens with one attached hydrogen (secondary N) is 3. The minimum atomic E-state index is -4.60. The Morgan fingerprint density at radius 1 is 1.35 bits per heavy atom. The fourth-order valence-electron chi connectivity index (χ4n) is 3.40. The van der Waals surface area contributed by atoms with Crippen LogP contribution in [0.4, 0.5) is 29.5 Å². The Morgan fingerprint density at radius 2 is 2.06 bits per heavy atom. The maximum atomic E-state index is 12.8. The molecule has 0 bridgehead atoms. The fourth-order valence-corrected chi connectivity index (χ4v) is 3.70. The number of rotatable bonds is 5. The van der Waals surface area contributed by atoms with Crippen molar-refractivity contribution in [2.24, 2.45) is 5.16 Å². The molecular weight excluding hydrogens is 479 g/mol. The number of nitrogens with zero attached hydrogens (tertiary/aromatic N) is 4. The lowest BCUT2D eigenvalue weighted by atomic mass is 10.0. The van der Waals surface area contributed by atoms with Gasteiger partial charge in [-0.2, -0.15) is 18.6 Å². The highest BCUT2D eigenvalue weighted by atomic mass is 35.5. The molecule has 2 aromatic rings. The molecule has 2 atom stereocenters. The predicted molar refractivity (Wildman–Crippen MR) is 117 cm³/mol. The normalized spacial score (nSPS) is 22.2. The van der Waals surface area contributed by atoms with Crippen molar-refractivity contribution in [1.82, 2.24) is 21.2 Å². The third kappa shape index (κ3) is 4.56. The van der Waals surface area contributed by atoms with Crippen LogP contribution in [-0.4, -0.2) is 41.4 Å². The van der Waals surface area contributed by atoms with Crippen LogP contribution in [0.25, 0.3) is 0 Å². The van der Waals surface area contributed by atoms with Crippen molar-refractivity contribution in [3.8, 4) is 0 Å². The van der Waals surface area contributed by atoms with Crippen LogP contribution in [0, 0.1) is 0 Å². The molecule has 1 aromatic carbocycles. The van der Waals surface area contributed by atoms with Crippen LogP contribution >= 0.6 is 11.6 Å². The summed E-state index contributed by atoms with van der Waals surface area (Å²) in [5, 5.41) is 8.84. The van der Waals surface area contributed by atoms with E-state index in [0.29, 0.717) is 23.7 Å². The molecule has 0 saturated carbocycles. The number of aromatic nitrogens is 1. The molecule has 14 heteroatoms. The zero-order chi connectivity index (χ0) is 24.7. The number of hydrogen-bond acceptors (Lipinski definition) is 7. The van der Waals surface area contributed by atoms with Gasteiger partial charge in [-0.15, -0.1) is 0 Å². The Balaban J connectivity index is 1.39. The van der Waals surface area contributed by atoms with Gasteiger partial charge in [-0.3, -0.25) is 15.2 Å². The van der Waals surface area contributed by atoms with E-state index in [1.54, 1.807) is 31.2 Å². The van der Waals surface area contributed by atoms with Crippen LogP contribution in [0.3, 0.4) is 0 Å². The molecular formula is C20H19ClF3N7O3. The number of hydrogen-bond donors (Lipinski definition) is 3. The lowest BCUT2D eigenvalue weighted by Gasteiger charge is -2.24. The number of hydrazine groups is 2. The molecule has 1 aromatic heterocycles. The molecule has 180 valence electrons. The number of carbonyl (C=O) groups is 2. The Hall–Kier alpha value is -3.58. The van der Waals surface area contributed by atoms with Crippen LogP contribution in [0.2, 0.25) is 5.02 Å². The second-order valence-electron chi connectivity index (χ2n) is 7.74. The number of pyridine rings is 1. The second-order valence-corrected chi connectivity index (χ2v) is 8.14. The van der Waals surface area contributed by atoms with E-state index < -0.39 is 35.4 Å². The third-order valence-electron chi connectivity index (χ3n) is 5.19. The number of anilines is 2. The molecule has 3 heterocycles. The molecule has 3 amide bonds. The molecule has 0 radical (unpaired) electrons. The summed E-state index contributed by atoms with van der Waals surface area (Å²) in [6.07, 6.45) is -4.99. The van der Waals surface area contributed by atoms with Crippen LogP contribution in [0.5, 0.6) is 0 Å². The maximum Gasteiger partial charge on any atom is 0.417 e. The van der Waals surface area contributed by atoms with E-state index >= 15 is 0 Å². The Bertz CT molecular complexity index is 1150. The molecule has 3 N–H and O–H groups in total. The number of para-hydroxylation sites is 1. The van der Waals surface area contributed by atoms with Gasteiger partial charge in [-0.05, 0) is 25.1 Å². The van der Waals surface area contributed by atoms with Crippen LogP contribution < -0.4 is 26.2 Å². The van der Waals surface area contributed by atoms with E-state index in [9.17, 15) is 22.8 Å². The molecule has 1 saturated heterocycles. The summed E-state index contributed by atoms with van der Waals surface area (Å²) < 4.78 is 38.4. The van der Waals surface area contributed by atoms with Gasteiger partial charge in [0.2, 0.25) is 6.10 Å². The van der Waals surface area contributed by atoms with E-state index in [0.717, 1.165) is 5.01 Å². The summed E-state index contributed by atoms with van der Waals surface area (Å²) in [7, 11) is 1.37. The summed E-state index contributed by atoms with van der Waals surface area (Å²) in [4.78, 5) is 34.1. The standard InChI is InChI=1S/C20H19ClF3N7O3/c1-19(26-18(33)31(29-19)12-6-4-3-5-7-12)15-9-14(34-28-15)17(32)27-30(2)16-13(21)8-11(10-25-16)20(22,23)24/h3-8,10,14,29H,9H2,1-2H3,(H,26,33)(H,27,32)/t14-,19-/m0/s1. The molecule has 2 aliphatic heterocycles. The summed E-state index contributed by atoms with van der Waals surface area (Å²) in [6.45, 7) is 1.67. The van der Waals surface area contributed by atoms with E-state index in [1.165, 1.54) is 12.1 Å². The van der Waals surface area contributed by atoms with Gasteiger partial charge >= 0.3 is 12.2 Å². The van der Waals surface area contributed by atoms with Gasteiger partial charge in [0.15, 0.2) is 5.82 Å². The summed E-state index contributed by atoms with van der Waals surface area (Å²) in [6, 6.07) is 9.19. The largest absolute Gasteiger partial charge is 0.417 e. The van der Waals surface area contributed by atoms with Crippen LogP contribution in [-0.2, 0) is 15.8 Å². The van der Waals surface area contributed by atoms with Gasteiger partial charge in [-0.25, -0.2) is 14.8 Å². The van der Waals surface area contributed by atoms with Crippen molar-refractivity contribution < 1.29 is 27.6 Å². The van der Waals surface area contributed by atoms with E-state index in [-0.39, 0.29) is 17.3 Å². The third-order valence-corrected chi connectivity index (χ3v) is 5.47. The second kappa shape index (κ2) is 8.65. The molecule has 0 spiro atoms. The van der Waals surface area contributed by atoms with E-state index in [2.05, 4.69) is 26.3 Å². The highest BCUT2D eigenvalue weighted by Crippen LogP contribution is 2.33. The number of carbonyl (C=O) groups excluding carboxylic acids is 2. The van der Waals surface area contributed by atoms with Crippen molar-refractivity contribution in [3.05, 3.63) is 53.2 Å². The zero-order valence-corrected chi connectivity index (χ0v) is 18.6. The van der Waals surface area contributed by atoms with Crippen molar-refractivity contribution in [1.29, 1.82) is 0 Å². The number of alkyl halides is 3. The fraction of sp³-hybridized carbons (Fsp3) is 0.300. The maximum absolute atomic E-state index is 12.8. The Labute approximate surface area is 196 Å². The SMILES string of the molecule is CN(NC(=O)[C@@H]1CC([C@@]2(C)NC(=O)N(c3ccccc3)N2)=NO1)c1ncc(C(F)(F)F)cc1Cl. The first-order valence-corrected chi connectivity index (χ1v) is 10.3. The first kappa shape index (κ1) is 23.6. The Kier molecular flexibility index (Phi) is 6.00. The molecule has 2 aliphatic rings. The van der Waals surface area contributed by atoms with Gasteiger partial charge < -0.3 is 10.2 Å². The highest BCUT2D eigenvalue weighted by molar-refractivity contribution is 6.33. The lowest BCUT2D eigenvalue weighted by Crippen LogP contribution is -2.55.